The Kier molecular flexibility index (Phi) is 5.14. The highest BCUT2D eigenvalue weighted by Crippen LogP contribution is 2.32. The van der Waals surface area contributed by atoms with Crippen LogP contribution in [0.5, 0.6) is 11.5 Å². The zero-order valence-electron chi connectivity index (χ0n) is 12.5. The van der Waals surface area contributed by atoms with E-state index in [0.29, 0.717) is 11.4 Å². The number of hydrogen-bond acceptors (Lipinski definition) is 5. The van der Waals surface area contributed by atoms with Crippen molar-refractivity contribution in [1.82, 2.24) is 4.98 Å². The summed E-state index contributed by atoms with van der Waals surface area (Å²) < 4.78 is 15.8. The number of hydrogen-bond donors (Lipinski definition) is 0. The van der Waals surface area contributed by atoms with Gasteiger partial charge in [0.2, 0.25) is 0 Å². The molecule has 0 aliphatic carbocycles. The van der Waals surface area contributed by atoms with Crippen LogP contribution in [0.1, 0.15) is 21.7 Å². The summed E-state index contributed by atoms with van der Waals surface area (Å²) in [6, 6.07) is 11.3. The van der Waals surface area contributed by atoms with E-state index in [9.17, 15) is 4.79 Å². The van der Waals surface area contributed by atoms with E-state index in [1.54, 1.807) is 6.07 Å². The monoisotopic (exact) mass is 299 g/mol. The minimum Gasteiger partial charge on any atom is -0.493 e. The van der Waals surface area contributed by atoms with E-state index in [1.807, 2.05) is 30.3 Å². The molecule has 0 atom stereocenters. The first-order chi connectivity index (χ1) is 10.7. The highest BCUT2D eigenvalue weighted by atomic mass is 16.5. The van der Waals surface area contributed by atoms with Gasteiger partial charge in [-0.3, -0.25) is 0 Å². The summed E-state index contributed by atoms with van der Waals surface area (Å²) in [4.78, 5) is 16.1. The Balaban J connectivity index is 2.38. The van der Waals surface area contributed by atoms with Crippen molar-refractivity contribution in [2.24, 2.45) is 0 Å². The minimum absolute atomic E-state index is 0.0627. The normalized spacial score (nSPS) is 9.91. The minimum atomic E-state index is -0.593. The molecule has 0 spiro atoms. The van der Waals surface area contributed by atoms with Gasteiger partial charge in [0.1, 0.15) is 6.61 Å². The summed E-state index contributed by atoms with van der Waals surface area (Å²) >= 11 is 0. The van der Waals surface area contributed by atoms with Crippen molar-refractivity contribution in [3.63, 3.8) is 0 Å². The van der Waals surface area contributed by atoms with E-state index in [4.69, 9.17) is 14.2 Å². The van der Waals surface area contributed by atoms with E-state index >= 15 is 0 Å². The zero-order chi connectivity index (χ0) is 15.9. The van der Waals surface area contributed by atoms with Crippen molar-refractivity contribution in [3.05, 3.63) is 59.9 Å². The Morgan fingerprint density at radius 2 is 2.00 bits per heavy atom. The third-order valence-electron chi connectivity index (χ3n) is 2.99. The van der Waals surface area contributed by atoms with Crippen LogP contribution in [-0.2, 0) is 11.3 Å². The number of esters is 1. The lowest BCUT2D eigenvalue weighted by molar-refractivity contribution is 0.0587. The second kappa shape index (κ2) is 7.26. The first-order valence-corrected chi connectivity index (χ1v) is 6.66. The molecule has 0 amide bonds. The van der Waals surface area contributed by atoms with E-state index in [-0.39, 0.29) is 18.1 Å². The Morgan fingerprint density at radius 1 is 1.27 bits per heavy atom. The Labute approximate surface area is 129 Å². The first kappa shape index (κ1) is 15.6. The largest absolute Gasteiger partial charge is 0.493 e. The highest BCUT2D eigenvalue weighted by molar-refractivity contribution is 5.91. The summed E-state index contributed by atoms with van der Waals surface area (Å²) in [7, 11) is 2.79. The predicted molar refractivity (Wildman–Crippen MR) is 83.0 cm³/mol. The molecule has 0 saturated heterocycles. The van der Waals surface area contributed by atoms with Crippen LogP contribution >= 0.6 is 0 Å². The fraction of sp³-hybridized carbons (Fsp3) is 0.176. The molecule has 0 N–H and O–H groups in total. The molecule has 2 aromatic rings. The van der Waals surface area contributed by atoms with E-state index in [0.717, 1.165) is 5.56 Å². The van der Waals surface area contributed by atoms with Crippen molar-refractivity contribution in [1.29, 1.82) is 0 Å². The lowest BCUT2D eigenvalue weighted by Crippen LogP contribution is -2.10. The number of carbonyl (C=O) groups is 1. The molecule has 5 nitrogen and oxygen atoms in total. The molecule has 0 unspecified atom stereocenters. The van der Waals surface area contributed by atoms with Crippen molar-refractivity contribution < 1.29 is 19.0 Å². The quantitative estimate of drug-likeness (QED) is 0.767. The molecule has 1 aromatic heterocycles. The number of aromatic nitrogens is 1. The molecule has 1 heterocycles. The average Bonchev–Trinajstić information content (AvgIpc) is 2.59. The SMILES string of the molecule is C=Cc1cc(OC)c(OCc2ccccc2)c(C(=O)OC)n1. The van der Waals surface area contributed by atoms with Gasteiger partial charge in [-0.25, -0.2) is 9.78 Å². The van der Waals surface area contributed by atoms with Gasteiger partial charge in [-0.05, 0) is 11.6 Å². The summed E-state index contributed by atoms with van der Waals surface area (Å²) in [5, 5.41) is 0. The van der Waals surface area contributed by atoms with Crippen LogP contribution in [0.4, 0.5) is 0 Å². The van der Waals surface area contributed by atoms with Gasteiger partial charge in [-0.15, -0.1) is 0 Å². The van der Waals surface area contributed by atoms with Gasteiger partial charge >= 0.3 is 5.97 Å². The van der Waals surface area contributed by atoms with E-state index < -0.39 is 5.97 Å². The smallest absolute Gasteiger partial charge is 0.360 e. The Hall–Kier alpha value is -2.82. The fourth-order valence-corrected chi connectivity index (χ4v) is 1.89. The fourth-order valence-electron chi connectivity index (χ4n) is 1.89. The number of carbonyl (C=O) groups excluding carboxylic acids is 1. The third kappa shape index (κ3) is 3.44. The lowest BCUT2D eigenvalue weighted by atomic mass is 10.2. The number of benzene rings is 1. The molecule has 2 rings (SSSR count). The predicted octanol–water partition coefficient (Wildman–Crippen LogP) is 3.10. The molecule has 0 saturated carbocycles. The number of ether oxygens (including phenoxy) is 3. The van der Waals surface area contributed by atoms with Gasteiger partial charge in [-0.2, -0.15) is 0 Å². The topological polar surface area (TPSA) is 57.7 Å². The molecule has 0 aliphatic rings. The van der Waals surface area contributed by atoms with Crippen LogP contribution in [0.25, 0.3) is 6.08 Å². The summed E-state index contributed by atoms with van der Waals surface area (Å²) in [6.45, 7) is 3.93. The number of pyridine rings is 1. The van der Waals surface area contributed by atoms with Crippen molar-refractivity contribution >= 4 is 12.0 Å². The van der Waals surface area contributed by atoms with Gasteiger partial charge in [0, 0.05) is 6.07 Å². The number of nitrogens with zero attached hydrogens (tertiary/aromatic N) is 1. The molecule has 1 aromatic carbocycles. The molecule has 5 heteroatoms. The first-order valence-electron chi connectivity index (χ1n) is 6.66. The van der Waals surface area contributed by atoms with Crippen LogP contribution in [0.3, 0.4) is 0 Å². The maximum Gasteiger partial charge on any atom is 0.360 e. The zero-order valence-corrected chi connectivity index (χ0v) is 12.5. The molecule has 0 aliphatic heterocycles. The van der Waals surface area contributed by atoms with Crippen LogP contribution in [0, 0.1) is 0 Å². The van der Waals surface area contributed by atoms with Gasteiger partial charge in [0.25, 0.3) is 0 Å². The summed E-state index contributed by atoms with van der Waals surface area (Å²) in [5.41, 5.74) is 1.53. The van der Waals surface area contributed by atoms with E-state index in [1.165, 1.54) is 20.3 Å². The maximum atomic E-state index is 11.9. The van der Waals surface area contributed by atoms with Crippen molar-refractivity contribution in [2.45, 2.75) is 6.61 Å². The van der Waals surface area contributed by atoms with E-state index in [2.05, 4.69) is 11.6 Å². The van der Waals surface area contributed by atoms with Crippen molar-refractivity contribution in [3.8, 4) is 11.5 Å². The van der Waals surface area contributed by atoms with Gasteiger partial charge in [0.05, 0.1) is 19.9 Å². The second-order valence-corrected chi connectivity index (χ2v) is 4.40. The maximum absolute atomic E-state index is 11.9. The summed E-state index contributed by atoms with van der Waals surface area (Å²) in [6.07, 6.45) is 1.52. The second-order valence-electron chi connectivity index (χ2n) is 4.40. The molecular formula is C17H17NO4. The van der Waals surface area contributed by atoms with Crippen LogP contribution in [0.2, 0.25) is 0 Å². The Bertz CT molecular complexity index is 668. The van der Waals surface area contributed by atoms with Crippen LogP contribution in [-0.4, -0.2) is 25.2 Å². The third-order valence-corrected chi connectivity index (χ3v) is 2.99. The molecule has 114 valence electrons. The average molecular weight is 299 g/mol. The molecule has 0 bridgehead atoms. The van der Waals surface area contributed by atoms with Gasteiger partial charge in [0.15, 0.2) is 17.2 Å². The number of rotatable bonds is 6. The number of methoxy groups -OCH3 is 2. The molecule has 22 heavy (non-hydrogen) atoms. The highest BCUT2D eigenvalue weighted by Gasteiger charge is 2.21. The van der Waals surface area contributed by atoms with Gasteiger partial charge < -0.3 is 14.2 Å². The standard InChI is InChI=1S/C17H17NO4/c1-4-13-10-14(20-2)16(15(18-13)17(19)21-3)22-11-12-8-6-5-7-9-12/h4-10H,1,11H2,2-3H3. The molecule has 0 radical (unpaired) electrons. The summed E-state index contributed by atoms with van der Waals surface area (Å²) in [5.74, 6) is 0.0649. The van der Waals surface area contributed by atoms with Crippen molar-refractivity contribution in [2.75, 3.05) is 14.2 Å². The molecule has 0 fully saturated rings. The van der Waals surface area contributed by atoms with Crippen LogP contribution < -0.4 is 9.47 Å². The van der Waals surface area contributed by atoms with Gasteiger partial charge in [-0.1, -0.05) is 36.9 Å². The molecular weight excluding hydrogens is 282 g/mol. The lowest BCUT2D eigenvalue weighted by Gasteiger charge is -2.14. The van der Waals surface area contributed by atoms with Crippen LogP contribution in [0.15, 0.2) is 43.0 Å². The Morgan fingerprint density at radius 3 is 2.59 bits per heavy atom.